The van der Waals surface area contributed by atoms with Crippen molar-refractivity contribution in [2.24, 2.45) is 0 Å². The van der Waals surface area contributed by atoms with Crippen molar-refractivity contribution in [3.8, 4) is 0 Å². The molecule has 0 spiro atoms. The molecule has 6 heteroatoms. The summed E-state index contributed by atoms with van der Waals surface area (Å²) < 4.78 is 16.6. The minimum atomic E-state index is -0.786. The first kappa shape index (κ1) is 62.1. The van der Waals surface area contributed by atoms with Gasteiger partial charge in [-0.3, -0.25) is 14.4 Å². The molecule has 0 aliphatic carbocycles. The molecular formula is C60H98O6. The molecule has 0 aromatic rings. The van der Waals surface area contributed by atoms with Crippen LogP contribution in [-0.4, -0.2) is 37.2 Å². The average Bonchev–Trinajstić information content (AvgIpc) is 3.31. The van der Waals surface area contributed by atoms with Crippen LogP contribution in [0.2, 0.25) is 0 Å². The normalized spacial score (nSPS) is 13.0. The zero-order valence-corrected chi connectivity index (χ0v) is 42.7. The van der Waals surface area contributed by atoms with E-state index in [1.807, 2.05) is 0 Å². The molecule has 0 N–H and O–H groups in total. The first-order chi connectivity index (χ1) is 32.5. The molecule has 0 bridgehead atoms. The van der Waals surface area contributed by atoms with Crippen LogP contribution in [0.15, 0.2) is 109 Å². The van der Waals surface area contributed by atoms with E-state index >= 15 is 0 Å². The van der Waals surface area contributed by atoms with Gasteiger partial charge in [-0.2, -0.15) is 0 Å². The van der Waals surface area contributed by atoms with Gasteiger partial charge in [-0.05, 0) is 89.9 Å². The van der Waals surface area contributed by atoms with Gasteiger partial charge in [0.1, 0.15) is 13.2 Å². The minimum absolute atomic E-state index is 0.0887. The van der Waals surface area contributed by atoms with Crippen LogP contribution in [-0.2, 0) is 28.6 Å². The zero-order valence-electron chi connectivity index (χ0n) is 42.7. The molecule has 1 atom stereocenters. The van der Waals surface area contributed by atoms with Crippen LogP contribution in [0.4, 0.5) is 0 Å². The highest BCUT2D eigenvalue weighted by Crippen LogP contribution is 2.14. The lowest BCUT2D eigenvalue weighted by Gasteiger charge is -2.18. The summed E-state index contributed by atoms with van der Waals surface area (Å²) in [5, 5.41) is 0. The Morgan fingerprint density at radius 1 is 0.318 bits per heavy atom. The number of ether oxygens (including phenoxy) is 3. The molecule has 0 radical (unpaired) electrons. The van der Waals surface area contributed by atoms with Gasteiger partial charge in [-0.15, -0.1) is 0 Å². The number of rotatable bonds is 47. The molecule has 0 rings (SSSR count). The Morgan fingerprint density at radius 3 is 0.924 bits per heavy atom. The summed E-state index contributed by atoms with van der Waals surface area (Å²) in [7, 11) is 0. The van der Waals surface area contributed by atoms with Gasteiger partial charge < -0.3 is 14.2 Å². The van der Waals surface area contributed by atoms with Crippen LogP contribution in [0.3, 0.4) is 0 Å². The van der Waals surface area contributed by atoms with Crippen molar-refractivity contribution in [2.45, 2.75) is 239 Å². The van der Waals surface area contributed by atoms with Gasteiger partial charge in [0.25, 0.3) is 0 Å². The van der Waals surface area contributed by atoms with Gasteiger partial charge >= 0.3 is 17.9 Å². The predicted octanol–water partition coefficient (Wildman–Crippen LogP) is 17.9. The van der Waals surface area contributed by atoms with Crippen LogP contribution in [0.5, 0.6) is 0 Å². The maximum atomic E-state index is 12.7. The molecular weight excluding hydrogens is 817 g/mol. The summed E-state index contributed by atoms with van der Waals surface area (Å²) in [6.07, 6.45) is 72.7. The number of allylic oxidation sites excluding steroid dienone is 18. The lowest BCUT2D eigenvalue weighted by molar-refractivity contribution is -0.167. The Labute approximate surface area is 406 Å². The first-order valence-corrected chi connectivity index (χ1v) is 26.9. The smallest absolute Gasteiger partial charge is 0.306 e. The van der Waals surface area contributed by atoms with Gasteiger partial charge in [-0.1, -0.05) is 233 Å². The maximum Gasteiger partial charge on any atom is 0.306 e. The van der Waals surface area contributed by atoms with Crippen molar-refractivity contribution in [1.29, 1.82) is 0 Å². The fourth-order valence-corrected chi connectivity index (χ4v) is 7.02. The molecule has 0 aliphatic heterocycles. The van der Waals surface area contributed by atoms with Gasteiger partial charge in [0.2, 0.25) is 0 Å². The van der Waals surface area contributed by atoms with E-state index in [2.05, 4.69) is 130 Å². The Balaban J connectivity index is 4.16. The van der Waals surface area contributed by atoms with Crippen LogP contribution >= 0.6 is 0 Å². The van der Waals surface area contributed by atoms with Crippen molar-refractivity contribution >= 4 is 17.9 Å². The summed E-state index contributed by atoms with van der Waals surface area (Å²) in [5.74, 6) is -0.941. The Morgan fingerprint density at radius 2 is 0.591 bits per heavy atom. The quantitative estimate of drug-likeness (QED) is 0.0262. The van der Waals surface area contributed by atoms with Crippen LogP contribution in [0, 0.1) is 0 Å². The zero-order chi connectivity index (χ0) is 47.9. The molecule has 0 aromatic heterocycles. The van der Waals surface area contributed by atoms with Crippen molar-refractivity contribution in [3.05, 3.63) is 109 Å². The number of esters is 3. The van der Waals surface area contributed by atoms with E-state index in [0.29, 0.717) is 19.3 Å². The lowest BCUT2D eigenvalue weighted by atomic mass is 10.0. The van der Waals surface area contributed by atoms with Crippen molar-refractivity contribution in [3.63, 3.8) is 0 Å². The van der Waals surface area contributed by atoms with E-state index in [1.54, 1.807) is 0 Å². The van der Waals surface area contributed by atoms with Crippen LogP contribution in [0.25, 0.3) is 0 Å². The van der Waals surface area contributed by atoms with E-state index < -0.39 is 6.10 Å². The number of carbonyl (C=O) groups is 3. The van der Waals surface area contributed by atoms with E-state index in [-0.39, 0.29) is 31.1 Å². The summed E-state index contributed by atoms with van der Waals surface area (Å²) >= 11 is 0. The molecule has 0 amide bonds. The topological polar surface area (TPSA) is 78.9 Å². The molecule has 0 aromatic carbocycles. The number of unbranched alkanes of at least 4 members (excludes halogenated alkanes) is 18. The molecule has 66 heavy (non-hydrogen) atoms. The predicted molar refractivity (Wildman–Crippen MR) is 283 cm³/mol. The largest absolute Gasteiger partial charge is 0.462 e. The fraction of sp³-hybridized carbons (Fsp3) is 0.650. The van der Waals surface area contributed by atoms with Crippen molar-refractivity contribution < 1.29 is 28.6 Å². The average molecular weight is 915 g/mol. The van der Waals surface area contributed by atoms with Crippen molar-refractivity contribution in [2.75, 3.05) is 13.2 Å². The second kappa shape index (κ2) is 53.7. The minimum Gasteiger partial charge on any atom is -0.462 e. The van der Waals surface area contributed by atoms with Gasteiger partial charge in [0.05, 0.1) is 0 Å². The van der Waals surface area contributed by atoms with Gasteiger partial charge in [0, 0.05) is 19.3 Å². The van der Waals surface area contributed by atoms with Gasteiger partial charge in [0.15, 0.2) is 6.10 Å². The third-order valence-electron chi connectivity index (χ3n) is 11.0. The molecule has 374 valence electrons. The monoisotopic (exact) mass is 915 g/mol. The van der Waals surface area contributed by atoms with E-state index in [9.17, 15) is 14.4 Å². The van der Waals surface area contributed by atoms with Gasteiger partial charge in [-0.25, -0.2) is 0 Å². The van der Waals surface area contributed by atoms with Crippen LogP contribution < -0.4 is 0 Å². The standard InChI is InChI=1S/C60H98O6/c1-4-7-10-13-15-17-19-21-22-23-24-25-26-27-28-29-30-31-32-33-34-35-36-37-38-39-41-42-44-47-50-53-59(62)65-56-57(55-64-58(61)52-49-46-12-9-6-3)66-60(63)54-51-48-45-43-40-20-18-16-14-11-8-5-2/h7,10,15,17,21-22,24-25,27-28,30-31,33-34,36-37,39,41,57H,4-6,8-9,11-14,16,18-20,23,26,29,32,35,38,40,42-56H2,1-3H3/b10-7-,17-15-,22-21-,25-24-,28-27-,31-30-,34-33-,37-36-,41-39-. The molecule has 1 unspecified atom stereocenters. The SMILES string of the molecule is CC/C=C\C/C=C\C/C=C\C/C=C\C/C=C\C/C=C\C/C=C\C/C=C\C/C=C\CCCCCC(=O)OCC(COC(=O)CCCCCCC)OC(=O)CCCCCCCCCCCCCC. The molecule has 6 nitrogen and oxygen atoms in total. The fourth-order valence-electron chi connectivity index (χ4n) is 7.02. The number of carbonyl (C=O) groups excluding carboxylic acids is 3. The van der Waals surface area contributed by atoms with Crippen LogP contribution in [0.1, 0.15) is 233 Å². The van der Waals surface area contributed by atoms with Crippen molar-refractivity contribution in [1.82, 2.24) is 0 Å². The Kier molecular flexibility index (Phi) is 50.5. The summed E-state index contributed by atoms with van der Waals surface area (Å²) in [5.41, 5.74) is 0. The maximum absolute atomic E-state index is 12.7. The molecule has 0 heterocycles. The molecule has 0 saturated carbocycles. The molecule has 0 aliphatic rings. The molecule has 0 saturated heterocycles. The highest BCUT2D eigenvalue weighted by molar-refractivity contribution is 5.71. The summed E-state index contributed by atoms with van der Waals surface area (Å²) in [6.45, 7) is 6.39. The second-order valence-corrected chi connectivity index (χ2v) is 17.4. The molecule has 0 fully saturated rings. The van der Waals surface area contributed by atoms with E-state index in [0.717, 1.165) is 128 Å². The third kappa shape index (κ3) is 51.1. The third-order valence-corrected chi connectivity index (χ3v) is 11.0. The number of hydrogen-bond acceptors (Lipinski definition) is 6. The first-order valence-electron chi connectivity index (χ1n) is 26.9. The Bertz CT molecular complexity index is 1370. The number of hydrogen-bond donors (Lipinski definition) is 0. The summed E-state index contributed by atoms with van der Waals surface area (Å²) in [4.78, 5) is 37.6. The lowest BCUT2D eigenvalue weighted by Crippen LogP contribution is -2.30. The van der Waals surface area contributed by atoms with E-state index in [4.69, 9.17) is 14.2 Å². The second-order valence-electron chi connectivity index (χ2n) is 17.4. The highest BCUT2D eigenvalue weighted by atomic mass is 16.6. The summed E-state index contributed by atoms with van der Waals surface area (Å²) in [6, 6.07) is 0. The van der Waals surface area contributed by atoms with E-state index in [1.165, 1.54) is 64.2 Å². The highest BCUT2D eigenvalue weighted by Gasteiger charge is 2.19. The Hall–Kier alpha value is -3.93.